The lowest BCUT2D eigenvalue weighted by atomic mass is 10.1. The van der Waals surface area contributed by atoms with E-state index in [1.807, 2.05) is 0 Å². The quantitative estimate of drug-likeness (QED) is 0.130. The van der Waals surface area contributed by atoms with Crippen LogP contribution in [0.2, 0.25) is 0 Å². The van der Waals surface area contributed by atoms with Crippen molar-refractivity contribution in [2.45, 2.75) is 25.7 Å². The van der Waals surface area contributed by atoms with Gasteiger partial charge in [0.05, 0.1) is 25.4 Å². The zero-order valence-corrected chi connectivity index (χ0v) is 19.6. The molecule has 2 aromatic carbocycles. The first-order valence-electron chi connectivity index (χ1n) is 11.3. The maximum atomic E-state index is 12.4. The third-order valence-corrected chi connectivity index (χ3v) is 4.85. The van der Waals surface area contributed by atoms with Crippen LogP contribution in [0.25, 0.3) is 6.08 Å². The molecule has 0 amide bonds. The average Bonchev–Trinajstić information content (AvgIpc) is 2.89. The fourth-order valence-electron chi connectivity index (χ4n) is 2.85. The van der Waals surface area contributed by atoms with E-state index in [9.17, 15) is 14.4 Å². The molecule has 0 bridgehead atoms. The van der Waals surface area contributed by atoms with E-state index in [0.29, 0.717) is 30.3 Å². The average molecular weight is 479 g/mol. The lowest BCUT2D eigenvalue weighted by Gasteiger charge is -2.07. The molecule has 0 saturated heterocycles. The molecule has 2 aromatic rings. The minimum atomic E-state index is -0.692. The molecule has 0 saturated carbocycles. The highest BCUT2D eigenvalue weighted by Crippen LogP contribution is 2.16. The number of hydrogen-bond acceptors (Lipinski definition) is 7. The first-order chi connectivity index (χ1) is 16.9. The maximum Gasteiger partial charge on any atom is 0.341 e. The summed E-state index contributed by atoms with van der Waals surface area (Å²) in [5.41, 5.74) is 1.27. The molecule has 0 unspecified atom stereocenters. The predicted molar refractivity (Wildman–Crippen MR) is 133 cm³/mol. The molecular formula is C28H30O7. The van der Waals surface area contributed by atoms with Crippen molar-refractivity contribution in [1.29, 1.82) is 0 Å². The van der Waals surface area contributed by atoms with Crippen LogP contribution in [-0.4, -0.2) is 42.6 Å². The number of ether oxygens (including phenoxy) is 3. The number of allylic oxidation sites excluding steroid dienone is 1. The van der Waals surface area contributed by atoms with E-state index in [0.717, 1.165) is 37.3 Å². The number of unbranched alkanes of at least 4 members (excludes halogenated alkanes) is 3. The summed E-state index contributed by atoms with van der Waals surface area (Å²) in [6, 6.07) is 13.6. The fraction of sp³-hybridized carbons (Fsp3) is 0.250. The molecule has 0 aromatic heterocycles. The topological polar surface area (TPSA) is 99.1 Å². The van der Waals surface area contributed by atoms with E-state index in [1.165, 1.54) is 6.08 Å². The third-order valence-electron chi connectivity index (χ3n) is 4.85. The number of ketones is 1. The molecular weight excluding hydrogens is 448 g/mol. The molecule has 2 rings (SSSR count). The van der Waals surface area contributed by atoms with Crippen molar-refractivity contribution in [3.05, 3.63) is 90.5 Å². The number of aliphatic hydroxyl groups excluding tert-OH is 1. The second kappa shape index (κ2) is 15.0. The smallest absolute Gasteiger partial charge is 0.341 e. The van der Waals surface area contributed by atoms with Crippen molar-refractivity contribution in [2.75, 3.05) is 19.8 Å². The molecule has 0 aliphatic rings. The van der Waals surface area contributed by atoms with Crippen LogP contribution in [0, 0.1) is 0 Å². The summed E-state index contributed by atoms with van der Waals surface area (Å²) in [7, 11) is 0. The van der Waals surface area contributed by atoms with E-state index in [4.69, 9.17) is 19.3 Å². The summed E-state index contributed by atoms with van der Waals surface area (Å²) in [5.74, 6) is -0.227. The Morgan fingerprint density at radius 2 is 1.49 bits per heavy atom. The van der Waals surface area contributed by atoms with Crippen LogP contribution in [0.3, 0.4) is 0 Å². The molecule has 0 atom stereocenters. The highest BCUT2D eigenvalue weighted by molar-refractivity contribution is 6.06. The fourth-order valence-corrected chi connectivity index (χ4v) is 2.85. The summed E-state index contributed by atoms with van der Waals surface area (Å²) in [6.07, 6.45) is 7.90. The molecule has 184 valence electrons. The van der Waals surface area contributed by atoms with Gasteiger partial charge >= 0.3 is 11.9 Å². The van der Waals surface area contributed by atoms with Crippen molar-refractivity contribution in [3.8, 4) is 11.5 Å². The molecule has 0 fully saturated rings. The molecule has 7 heteroatoms. The Hall–Kier alpha value is -3.97. The summed E-state index contributed by atoms with van der Waals surface area (Å²) in [4.78, 5) is 35.0. The van der Waals surface area contributed by atoms with Crippen LogP contribution >= 0.6 is 0 Å². The highest BCUT2D eigenvalue weighted by atomic mass is 16.5. The van der Waals surface area contributed by atoms with Crippen molar-refractivity contribution in [1.82, 2.24) is 0 Å². The Bertz CT molecular complexity index is 1030. The van der Waals surface area contributed by atoms with E-state index in [2.05, 4.69) is 13.2 Å². The Balaban J connectivity index is 1.72. The Labute approximate surface area is 205 Å². The molecule has 0 heterocycles. The first-order valence-corrected chi connectivity index (χ1v) is 11.3. The summed E-state index contributed by atoms with van der Waals surface area (Å²) in [6.45, 7) is 7.26. The summed E-state index contributed by atoms with van der Waals surface area (Å²) in [5, 5.41) is 8.90. The van der Waals surface area contributed by atoms with Gasteiger partial charge in [-0.2, -0.15) is 0 Å². The number of rotatable bonds is 15. The summed E-state index contributed by atoms with van der Waals surface area (Å²) < 4.78 is 15.7. The van der Waals surface area contributed by atoms with E-state index >= 15 is 0 Å². The van der Waals surface area contributed by atoms with Gasteiger partial charge in [0.1, 0.15) is 11.5 Å². The molecule has 0 radical (unpaired) electrons. The normalized spacial score (nSPS) is 10.5. The van der Waals surface area contributed by atoms with Crippen LogP contribution in [-0.2, 0) is 14.3 Å². The lowest BCUT2D eigenvalue weighted by molar-refractivity contribution is -0.137. The monoisotopic (exact) mass is 478 g/mol. The molecule has 7 nitrogen and oxygen atoms in total. The van der Waals surface area contributed by atoms with Gasteiger partial charge in [0, 0.05) is 11.6 Å². The molecule has 0 aliphatic carbocycles. The van der Waals surface area contributed by atoms with Crippen molar-refractivity contribution in [3.63, 3.8) is 0 Å². The Morgan fingerprint density at radius 1 is 0.857 bits per heavy atom. The highest BCUT2D eigenvalue weighted by Gasteiger charge is 2.08. The van der Waals surface area contributed by atoms with Crippen molar-refractivity contribution in [2.24, 2.45) is 0 Å². The van der Waals surface area contributed by atoms with Gasteiger partial charge in [-0.1, -0.05) is 31.4 Å². The number of hydrogen-bond donors (Lipinski definition) is 1. The minimum Gasteiger partial charge on any atom is -0.494 e. The largest absolute Gasteiger partial charge is 0.494 e. The number of carbonyl (C=O) groups excluding carboxylic acids is 3. The molecule has 0 spiro atoms. The third kappa shape index (κ3) is 10.2. The van der Waals surface area contributed by atoms with Gasteiger partial charge in [0.25, 0.3) is 0 Å². The maximum absolute atomic E-state index is 12.4. The SMILES string of the molecule is C=CC(=O)OCCCCCCOc1ccc(C(=O)/C=C/c2ccc(OC(=O)C(=C)CO)cc2)cc1. The second-order valence-corrected chi connectivity index (χ2v) is 7.58. The standard InChI is InChI=1S/C28H30O7/c1-3-27(31)34-19-7-5-4-6-18-33-24-15-11-23(12-16-24)26(30)17-10-22-8-13-25(14-9-22)35-28(32)21(2)20-29/h3,8-17,29H,1-2,4-7,18-20H2/b17-10+. The lowest BCUT2D eigenvalue weighted by Crippen LogP contribution is -2.12. The number of aliphatic hydroxyl groups is 1. The Morgan fingerprint density at radius 3 is 2.11 bits per heavy atom. The predicted octanol–water partition coefficient (Wildman–Crippen LogP) is 4.71. The molecule has 0 aliphatic heterocycles. The van der Waals surface area contributed by atoms with E-state index in [1.54, 1.807) is 54.6 Å². The Kier molecular flexibility index (Phi) is 11.7. The van der Waals surface area contributed by atoms with Gasteiger partial charge in [0.2, 0.25) is 0 Å². The number of benzene rings is 2. The van der Waals surface area contributed by atoms with Gasteiger partial charge in [-0.25, -0.2) is 9.59 Å². The molecule has 35 heavy (non-hydrogen) atoms. The van der Waals surface area contributed by atoms with Gasteiger partial charge in [-0.05, 0) is 73.7 Å². The van der Waals surface area contributed by atoms with Gasteiger partial charge in [-0.3, -0.25) is 4.79 Å². The van der Waals surface area contributed by atoms with Crippen molar-refractivity contribution < 1.29 is 33.7 Å². The van der Waals surface area contributed by atoms with E-state index < -0.39 is 18.5 Å². The van der Waals surface area contributed by atoms with Crippen LogP contribution in [0.1, 0.15) is 41.6 Å². The van der Waals surface area contributed by atoms with Crippen LogP contribution in [0.5, 0.6) is 11.5 Å². The van der Waals surface area contributed by atoms with Gasteiger partial charge in [0.15, 0.2) is 5.78 Å². The number of esters is 2. The van der Waals surface area contributed by atoms with E-state index in [-0.39, 0.29) is 11.4 Å². The minimum absolute atomic E-state index is 0.0308. The van der Waals surface area contributed by atoms with Crippen LogP contribution in [0.4, 0.5) is 0 Å². The zero-order chi connectivity index (χ0) is 25.5. The van der Waals surface area contributed by atoms with Crippen LogP contribution < -0.4 is 9.47 Å². The summed E-state index contributed by atoms with van der Waals surface area (Å²) >= 11 is 0. The van der Waals surface area contributed by atoms with Gasteiger partial charge < -0.3 is 19.3 Å². The first kappa shape index (κ1) is 27.3. The second-order valence-electron chi connectivity index (χ2n) is 7.58. The number of carbonyl (C=O) groups is 3. The molecule has 1 N–H and O–H groups in total. The van der Waals surface area contributed by atoms with Gasteiger partial charge in [-0.15, -0.1) is 0 Å². The van der Waals surface area contributed by atoms with Crippen molar-refractivity contribution >= 4 is 23.8 Å². The van der Waals surface area contributed by atoms with Crippen LogP contribution in [0.15, 0.2) is 79.4 Å². The zero-order valence-electron chi connectivity index (χ0n) is 19.6.